The number of nitriles is 1. The molecule has 0 bridgehead atoms. The second-order valence-electron chi connectivity index (χ2n) is 3.87. The van der Waals surface area contributed by atoms with E-state index >= 15 is 0 Å². The van der Waals surface area contributed by atoms with Crippen molar-refractivity contribution < 1.29 is 13.2 Å². The van der Waals surface area contributed by atoms with Crippen LogP contribution in [0, 0.1) is 11.3 Å². The van der Waals surface area contributed by atoms with Crippen LogP contribution in [0.1, 0.15) is 11.1 Å². The van der Waals surface area contributed by atoms with Gasteiger partial charge in [-0.3, -0.25) is 0 Å². The van der Waals surface area contributed by atoms with Crippen molar-refractivity contribution in [1.29, 1.82) is 5.26 Å². The zero-order chi connectivity index (χ0) is 12.5. The summed E-state index contributed by atoms with van der Waals surface area (Å²) in [6.07, 6.45) is -4.41. The molecule has 90 valence electrons. The summed E-state index contributed by atoms with van der Waals surface area (Å²) < 4.78 is 37.3. The molecular formula is C11H10F3N3. The summed E-state index contributed by atoms with van der Waals surface area (Å²) >= 11 is 0. The summed E-state index contributed by atoms with van der Waals surface area (Å²) in [7, 11) is 0. The van der Waals surface area contributed by atoms with Crippen LogP contribution in [0.2, 0.25) is 0 Å². The first-order valence-electron chi connectivity index (χ1n) is 5.09. The van der Waals surface area contributed by atoms with Gasteiger partial charge in [-0.15, -0.1) is 0 Å². The summed E-state index contributed by atoms with van der Waals surface area (Å²) in [5.74, 6) is 0. The first-order valence-corrected chi connectivity index (χ1v) is 5.09. The Morgan fingerprint density at radius 3 is 2.53 bits per heavy atom. The Kier molecular flexibility index (Phi) is 2.94. The molecule has 0 aromatic heterocycles. The van der Waals surface area contributed by atoms with E-state index < -0.39 is 11.7 Å². The van der Waals surface area contributed by atoms with Crippen molar-refractivity contribution in [2.75, 3.05) is 18.4 Å². The number of nitrogens with one attached hydrogen (secondary N) is 2. The number of rotatable bonds is 2. The molecular weight excluding hydrogens is 231 g/mol. The van der Waals surface area contributed by atoms with Crippen LogP contribution >= 0.6 is 0 Å². The van der Waals surface area contributed by atoms with E-state index in [1.54, 1.807) is 6.07 Å². The number of nitrogens with zero attached hydrogens (tertiary/aromatic N) is 1. The Bertz CT molecular complexity index is 458. The lowest BCUT2D eigenvalue weighted by Crippen LogP contribution is -2.51. The van der Waals surface area contributed by atoms with Gasteiger partial charge in [0.15, 0.2) is 0 Å². The second-order valence-corrected chi connectivity index (χ2v) is 3.87. The zero-order valence-electron chi connectivity index (χ0n) is 8.80. The topological polar surface area (TPSA) is 47.9 Å². The van der Waals surface area contributed by atoms with Crippen LogP contribution in [-0.2, 0) is 6.18 Å². The third-order valence-corrected chi connectivity index (χ3v) is 2.61. The fourth-order valence-electron chi connectivity index (χ4n) is 1.55. The summed E-state index contributed by atoms with van der Waals surface area (Å²) in [6, 6.07) is 5.11. The average molecular weight is 241 g/mol. The molecule has 0 aliphatic carbocycles. The fraction of sp³-hybridized carbons (Fsp3) is 0.364. The van der Waals surface area contributed by atoms with Crippen LogP contribution in [0.15, 0.2) is 18.2 Å². The molecule has 1 aromatic carbocycles. The molecule has 1 aliphatic heterocycles. The van der Waals surface area contributed by atoms with Gasteiger partial charge in [-0.2, -0.15) is 18.4 Å². The van der Waals surface area contributed by atoms with Gasteiger partial charge in [-0.05, 0) is 18.2 Å². The van der Waals surface area contributed by atoms with Crippen molar-refractivity contribution in [1.82, 2.24) is 5.32 Å². The summed E-state index contributed by atoms with van der Waals surface area (Å²) in [5, 5.41) is 14.9. The maximum Gasteiger partial charge on any atom is 0.416 e. The third kappa shape index (κ3) is 2.50. The van der Waals surface area contributed by atoms with E-state index in [0.717, 1.165) is 25.2 Å². The summed E-state index contributed by atoms with van der Waals surface area (Å²) in [5.41, 5.74) is -0.329. The Morgan fingerprint density at radius 2 is 2.06 bits per heavy atom. The molecule has 1 aliphatic rings. The molecule has 0 spiro atoms. The second kappa shape index (κ2) is 4.26. The molecule has 1 aromatic rings. The molecule has 1 saturated heterocycles. The van der Waals surface area contributed by atoms with Crippen molar-refractivity contribution in [3.8, 4) is 6.07 Å². The quantitative estimate of drug-likeness (QED) is 0.832. The summed E-state index contributed by atoms with van der Waals surface area (Å²) in [4.78, 5) is 0. The van der Waals surface area contributed by atoms with E-state index in [9.17, 15) is 13.2 Å². The maximum atomic E-state index is 12.4. The molecule has 0 atom stereocenters. The van der Waals surface area contributed by atoms with Crippen molar-refractivity contribution in [2.24, 2.45) is 0 Å². The molecule has 0 unspecified atom stereocenters. The predicted molar refractivity (Wildman–Crippen MR) is 56.4 cm³/mol. The van der Waals surface area contributed by atoms with Crippen LogP contribution in [0.4, 0.5) is 18.9 Å². The number of halogens is 3. The Labute approximate surface area is 96.2 Å². The lowest BCUT2D eigenvalue weighted by molar-refractivity contribution is -0.137. The van der Waals surface area contributed by atoms with Crippen molar-refractivity contribution in [2.45, 2.75) is 12.2 Å². The molecule has 0 saturated carbocycles. The van der Waals surface area contributed by atoms with Gasteiger partial charge in [0, 0.05) is 13.1 Å². The van der Waals surface area contributed by atoms with E-state index in [1.807, 2.05) is 0 Å². The number of hydrogen-bond donors (Lipinski definition) is 2. The lowest BCUT2D eigenvalue weighted by Gasteiger charge is -2.29. The maximum absolute atomic E-state index is 12.4. The van der Waals surface area contributed by atoms with Gasteiger partial charge in [-0.25, -0.2) is 0 Å². The fourth-order valence-corrected chi connectivity index (χ4v) is 1.55. The molecule has 2 N–H and O–H groups in total. The molecule has 3 nitrogen and oxygen atoms in total. The van der Waals surface area contributed by atoms with Gasteiger partial charge < -0.3 is 10.6 Å². The van der Waals surface area contributed by atoms with E-state index in [4.69, 9.17) is 5.26 Å². The zero-order valence-corrected chi connectivity index (χ0v) is 8.80. The van der Waals surface area contributed by atoms with Crippen molar-refractivity contribution in [3.63, 3.8) is 0 Å². The number of anilines is 1. The van der Waals surface area contributed by atoms with Crippen molar-refractivity contribution >= 4 is 5.69 Å². The monoisotopic (exact) mass is 241 g/mol. The number of benzene rings is 1. The Balaban J connectivity index is 2.25. The van der Waals surface area contributed by atoms with Crippen LogP contribution < -0.4 is 10.6 Å². The lowest BCUT2D eigenvalue weighted by atomic mass is 10.1. The van der Waals surface area contributed by atoms with Gasteiger partial charge in [0.05, 0.1) is 22.9 Å². The number of alkyl halides is 3. The van der Waals surface area contributed by atoms with Crippen LogP contribution in [0.5, 0.6) is 0 Å². The van der Waals surface area contributed by atoms with Crippen LogP contribution in [0.25, 0.3) is 0 Å². The van der Waals surface area contributed by atoms with E-state index in [-0.39, 0.29) is 11.6 Å². The van der Waals surface area contributed by atoms with Crippen LogP contribution in [-0.4, -0.2) is 19.1 Å². The minimum Gasteiger partial charge on any atom is -0.379 e. The molecule has 1 heterocycles. The largest absolute Gasteiger partial charge is 0.416 e. The normalized spacial score (nSPS) is 16.1. The van der Waals surface area contributed by atoms with Gasteiger partial charge in [0.2, 0.25) is 0 Å². The Hall–Kier alpha value is -1.74. The van der Waals surface area contributed by atoms with Gasteiger partial charge in [-0.1, -0.05) is 0 Å². The van der Waals surface area contributed by atoms with Crippen LogP contribution in [0.3, 0.4) is 0 Å². The smallest absolute Gasteiger partial charge is 0.379 e. The van der Waals surface area contributed by atoms with Gasteiger partial charge >= 0.3 is 6.18 Å². The first kappa shape index (κ1) is 11.7. The summed E-state index contributed by atoms with van der Waals surface area (Å²) in [6.45, 7) is 1.51. The third-order valence-electron chi connectivity index (χ3n) is 2.61. The van der Waals surface area contributed by atoms with E-state index in [1.165, 1.54) is 6.07 Å². The highest BCUT2D eigenvalue weighted by molar-refractivity contribution is 5.59. The molecule has 0 amide bonds. The molecule has 17 heavy (non-hydrogen) atoms. The highest BCUT2D eigenvalue weighted by atomic mass is 19.4. The van der Waals surface area contributed by atoms with Crippen molar-refractivity contribution in [3.05, 3.63) is 29.3 Å². The minimum atomic E-state index is -4.41. The molecule has 2 rings (SSSR count). The van der Waals surface area contributed by atoms with Gasteiger partial charge in [0.1, 0.15) is 6.07 Å². The standard InChI is InChI=1S/C11H10F3N3/c12-11(13,14)8-1-2-10(7(3-8)4-15)17-9-5-16-6-9/h1-3,9,16-17H,5-6H2. The number of hydrogen-bond acceptors (Lipinski definition) is 3. The first-order chi connectivity index (χ1) is 8.00. The highest BCUT2D eigenvalue weighted by Gasteiger charge is 2.31. The molecule has 6 heteroatoms. The SMILES string of the molecule is N#Cc1cc(C(F)(F)F)ccc1NC1CNC1. The average Bonchev–Trinajstić information content (AvgIpc) is 2.22. The van der Waals surface area contributed by atoms with E-state index in [2.05, 4.69) is 10.6 Å². The molecule has 0 radical (unpaired) electrons. The Morgan fingerprint density at radius 1 is 1.35 bits per heavy atom. The predicted octanol–water partition coefficient (Wildman–Crippen LogP) is 1.96. The minimum absolute atomic E-state index is 0.0201. The van der Waals surface area contributed by atoms with E-state index in [0.29, 0.717) is 5.69 Å². The molecule has 1 fully saturated rings. The highest BCUT2D eigenvalue weighted by Crippen LogP contribution is 2.31. The van der Waals surface area contributed by atoms with Gasteiger partial charge in [0.25, 0.3) is 0 Å².